The second-order valence-corrected chi connectivity index (χ2v) is 3.79. The number of pyridine rings is 2. The van der Waals surface area contributed by atoms with Gasteiger partial charge in [0.1, 0.15) is 0 Å². The van der Waals surface area contributed by atoms with Crippen molar-refractivity contribution >= 4 is 22.1 Å². The fourth-order valence-electron chi connectivity index (χ4n) is 1.77. The molecule has 0 fully saturated rings. The lowest BCUT2D eigenvalue weighted by Crippen LogP contribution is -1.78. The molecular weight excluding hydrogens is 188 g/mol. The number of furan rings is 1. The summed E-state index contributed by atoms with van der Waals surface area (Å²) in [7, 11) is 0. The van der Waals surface area contributed by atoms with Crippen LogP contribution in [0.15, 0.2) is 28.9 Å². The molecule has 0 saturated carbocycles. The van der Waals surface area contributed by atoms with E-state index in [2.05, 4.69) is 16.0 Å². The Balaban J connectivity index is 2.55. The van der Waals surface area contributed by atoms with Crippen molar-refractivity contribution in [2.75, 3.05) is 0 Å². The predicted octanol–water partition coefficient (Wildman–Crippen LogP) is 2.99. The highest BCUT2D eigenvalue weighted by Crippen LogP contribution is 2.27. The minimum atomic E-state index is 0.683. The van der Waals surface area contributed by atoms with E-state index >= 15 is 0 Å². The summed E-state index contributed by atoms with van der Waals surface area (Å²) in [6.07, 6.45) is 3.56. The van der Waals surface area contributed by atoms with E-state index in [-0.39, 0.29) is 0 Å². The van der Waals surface area contributed by atoms with Crippen LogP contribution in [-0.2, 0) is 0 Å². The van der Waals surface area contributed by atoms with Gasteiger partial charge in [0.25, 0.3) is 0 Å². The fourth-order valence-corrected chi connectivity index (χ4v) is 1.77. The molecule has 3 aromatic rings. The lowest BCUT2D eigenvalue weighted by atomic mass is 10.2. The van der Waals surface area contributed by atoms with Gasteiger partial charge < -0.3 is 4.42 Å². The molecule has 3 rings (SSSR count). The van der Waals surface area contributed by atoms with Gasteiger partial charge in [-0.15, -0.1) is 0 Å². The zero-order chi connectivity index (χ0) is 10.4. The summed E-state index contributed by atoms with van der Waals surface area (Å²) in [5.74, 6) is 0. The molecular formula is C12H10N2O. The molecule has 0 spiro atoms. The van der Waals surface area contributed by atoms with Crippen LogP contribution in [0, 0.1) is 13.8 Å². The molecule has 0 saturated heterocycles. The van der Waals surface area contributed by atoms with E-state index in [1.165, 1.54) is 0 Å². The summed E-state index contributed by atoms with van der Waals surface area (Å²) in [6.45, 7) is 4.00. The quantitative estimate of drug-likeness (QED) is 0.557. The average Bonchev–Trinajstić information content (AvgIpc) is 2.56. The molecule has 3 nitrogen and oxygen atoms in total. The standard InChI is InChI=1S/C12H10N2O/c1-7-3-10-9-4-8(2)13-6-11(9)15-12(10)14-5-7/h3-6H,1-2H3. The summed E-state index contributed by atoms with van der Waals surface area (Å²) in [5.41, 5.74) is 3.61. The highest BCUT2D eigenvalue weighted by Gasteiger charge is 2.08. The smallest absolute Gasteiger partial charge is 0.227 e. The van der Waals surface area contributed by atoms with Crippen LogP contribution in [0.2, 0.25) is 0 Å². The van der Waals surface area contributed by atoms with Gasteiger partial charge in [-0.05, 0) is 31.5 Å². The molecule has 74 valence electrons. The van der Waals surface area contributed by atoms with E-state index in [0.29, 0.717) is 5.71 Å². The lowest BCUT2D eigenvalue weighted by Gasteiger charge is -1.92. The molecule has 0 aliphatic rings. The second-order valence-electron chi connectivity index (χ2n) is 3.79. The summed E-state index contributed by atoms with van der Waals surface area (Å²) < 4.78 is 5.59. The summed E-state index contributed by atoms with van der Waals surface area (Å²) >= 11 is 0. The molecule has 3 heteroatoms. The normalized spacial score (nSPS) is 11.3. The fraction of sp³-hybridized carbons (Fsp3) is 0.167. The number of aryl methyl sites for hydroxylation is 2. The van der Waals surface area contributed by atoms with E-state index in [4.69, 9.17) is 4.42 Å². The Bertz CT molecular complexity index is 599. The first-order valence-electron chi connectivity index (χ1n) is 4.85. The Morgan fingerprint density at radius 2 is 1.87 bits per heavy atom. The molecule has 0 aromatic carbocycles. The Labute approximate surface area is 86.8 Å². The highest BCUT2D eigenvalue weighted by atomic mass is 16.3. The molecule has 0 aliphatic heterocycles. The molecule has 0 atom stereocenters. The molecule has 0 radical (unpaired) electrons. The van der Waals surface area contributed by atoms with Gasteiger partial charge in [0.15, 0.2) is 5.58 Å². The Hall–Kier alpha value is -1.90. The van der Waals surface area contributed by atoms with Crippen LogP contribution in [0.3, 0.4) is 0 Å². The molecule has 0 aliphatic carbocycles. The van der Waals surface area contributed by atoms with Gasteiger partial charge >= 0.3 is 0 Å². The van der Waals surface area contributed by atoms with Crippen molar-refractivity contribution < 1.29 is 4.42 Å². The van der Waals surface area contributed by atoms with Gasteiger partial charge in [-0.3, -0.25) is 4.98 Å². The molecule has 0 bridgehead atoms. The average molecular weight is 198 g/mol. The number of hydrogen-bond donors (Lipinski definition) is 0. The number of rotatable bonds is 0. The van der Waals surface area contributed by atoms with Crippen molar-refractivity contribution in [3.05, 3.63) is 35.8 Å². The molecule has 15 heavy (non-hydrogen) atoms. The first-order chi connectivity index (χ1) is 7.24. The largest absolute Gasteiger partial charge is 0.436 e. The summed E-state index contributed by atoms with van der Waals surface area (Å²) in [5, 5.41) is 2.16. The van der Waals surface area contributed by atoms with Crippen LogP contribution < -0.4 is 0 Å². The van der Waals surface area contributed by atoms with Crippen molar-refractivity contribution in [1.29, 1.82) is 0 Å². The highest BCUT2D eigenvalue weighted by molar-refractivity contribution is 6.03. The van der Waals surface area contributed by atoms with Crippen molar-refractivity contribution in [2.45, 2.75) is 13.8 Å². The molecule has 3 aromatic heterocycles. The van der Waals surface area contributed by atoms with Gasteiger partial charge in [-0.2, -0.15) is 0 Å². The Morgan fingerprint density at radius 1 is 1.00 bits per heavy atom. The van der Waals surface area contributed by atoms with Gasteiger partial charge in [0.2, 0.25) is 5.71 Å². The maximum atomic E-state index is 5.59. The Kier molecular flexibility index (Phi) is 1.57. The van der Waals surface area contributed by atoms with E-state index in [9.17, 15) is 0 Å². The predicted molar refractivity (Wildman–Crippen MR) is 58.8 cm³/mol. The van der Waals surface area contributed by atoms with Crippen molar-refractivity contribution in [3.8, 4) is 0 Å². The second kappa shape index (κ2) is 2.79. The maximum Gasteiger partial charge on any atom is 0.227 e. The summed E-state index contributed by atoms with van der Waals surface area (Å²) in [6, 6.07) is 4.12. The van der Waals surface area contributed by atoms with Crippen molar-refractivity contribution in [3.63, 3.8) is 0 Å². The van der Waals surface area contributed by atoms with Crippen molar-refractivity contribution in [1.82, 2.24) is 9.97 Å². The van der Waals surface area contributed by atoms with Gasteiger partial charge in [-0.25, -0.2) is 4.98 Å². The minimum absolute atomic E-state index is 0.683. The molecule has 0 amide bonds. The van der Waals surface area contributed by atoms with Crippen LogP contribution >= 0.6 is 0 Å². The van der Waals surface area contributed by atoms with E-state index < -0.39 is 0 Å². The number of fused-ring (bicyclic) bond motifs is 3. The van der Waals surface area contributed by atoms with Gasteiger partial charge in [0.05, 0.1) is 6.20 Å². The third-order valence-corrected chi connectivity index (χ3v) is 2.49. The first-order valence-corrected chi connectivity index (χ1v) is 4.85. The molecule has 0 unspecified atom stereocenters. The van der Waals surface area contributed by atoms with Crippen LogP contribution in [0.25, 0.3) is 22.1 Å². The van der Waals surface area contributed by atoms with Crippen LogP contribution in [0.5, 0.6) is 0 Å². The third kappa shape index (κ3) is 1.20. The maximum absolute atomic E-state index is 5.59. The molecule has 3 heterocycles. The number of nitrogens with zero attached hydrogens (tertiary/aromatic N) is 2. The van der Waals surface area contributed by atoms with E-state index in [1.807, 2.05) is 26.1 Å². The zero-order valence-corrected chi connectivity index (χ0v) is 8.61. The number of aromatic nitrogens is 2. The molecule has 0 N–H and O–H groups in total. The first kappa shape index (κ1) is 8.41. The van der Waals surface area contributed by atoms with Crippen LogP contribution in [0.1, 0.15) is 11.3 Å². The zero-order valence-electron chi connectivity index (χ0n) is 8.61. The monoisotopic (exact) mass is 198 g/mol. The van der Waals surface area contributed by atoms with Crippen LogP contribution in [0.4, 0.5) is 0 Å². The lowest BCUT2D eigenvalue weighted by molar-refractivity contribution is 0.651. The Morgan fingerprint density at radius 3 is 2.73 bits per heavy atom. The topological polar surface area (TPSA) is 38.9 Å². The summed E-state index contributed by atoms with van der Waals surface area (Å²) in [4.78, 5) is 8.46. The minimum Gasteiger partial charge on any atom is -0.436 e. The van der Waals surface area contributed by atoms with E-state index in [1.54, 1.807) is 6.20 Å². The number of hydrogen-bond acceptors (Lipinski definition) is 3. The SMILES string of the molecule is Cc1cnc2oc3cnc(C)cc3c2c1. The van der Waals surface area contributed by atoms with Gasteiger partial charge in [-0.1, -0.05) is 0 Å². The third-order valence-electron chi connectivity index (χ3n) is 2.49. The van der Waals surface area contributed by atoms with Gasteiger partial charge in [0, 0.05) is 22.7 Å². The van der Waals surface area contributed by atoms with Crippen molar-refractivity contribution in [2.24, 2.45) is 0 Å². The van der Waals surface area contributed by atoms with E-state index in [0.717, 1.165) is 27.6 Å². The van der Waals surface area contributed by atoms with Crippen LogP contribution in [-0.4, -0.2) is 9.97 Å².